The van der Waals surface area contributed by atoms with Crippen LogP contribution in [0.3, 0.4) is 0 Å². The molecule has 0 atom stereocenters. The second kappa shape index (κ2) is 4.50. The van der Waals surface area contributed by atoms with Crippen molar-refractivity contribution >= 4 is 5.97 Å². The van der Waals surface area contributed by atoms with Gasteiger partial charge in [0, 0.05) is 35.6 Å². The number of hydrogen-bond donors (Lipinski definition) is 3. The fraction of sp³-hybridized carbons (Fsp3) is 0. The van der Waals surface area contributed by atoms with Gasteiger partial charge < -0.3 is 15.3 Å². The number of phenolic OH excluding ortho intramolecular Hbond substituents is 2. The molecule has 0 fully saturated rings. The second-order valence-corrected chi connectivity index (χ2v) is 2.01. The van der Waals surface area contributed by atoms with Gasteiger partial charge in [-0.25, -0.2) is 4.79 Å². The summed E-state index contributed by atoms with van der Waals surface area (Å²) in [5.74, 6) is -1.89. The van der Waals surface area contributed by atoms with Crippen LogP contribution in [0.5, 0.6) is 11.5 Å². The molecule has 0 unspecified atom stereocenters. The molecule has 0 heterocycles. The van der Waals surface area contributed by atoms with E-state index in [1.54, 1.807) is 0 Å². The first-order valence-corrected chi connectivity index (χ1v) is 2.86. The van der Waals surface area contributed by atoms with Crippen LogP contribution in [0.15, 0.2) is 18.2 Å². The Bertz CT molecular complexity index is 297. The Morgan fingerprint density at radius 1 is 1.17 bits per heavy atom. The molecule has 1 radical (unpaired) electrons. The monoisotopic (exact) mass is 293 g/mol. The Labute approximate surface area is 96.4 Å². The van der Waals surface area contributed by atoms with E-state index in [4.69, 9.17) is 15.3 Å². The fourth-order valence-corrected chi connectivity index (χ4v) is 0.656. The third-order valence-corrected chi connectivity index (χ3v) is 1.22. The molecule has 0 saturated heterocycles. The van der Waals surface area contributed by atoms with Gasteiger partial charge in [-0.1, -0.05) is 0 Å². The van der Waals surface area contributed by atoms with Crippen LogP contribution in [0.4, 0.5) is 0 Å². The fourth-order valence-electron chi connectivity index (χ4n) is 0.656. The minimum Gasteiger partial charge on any atom is -0.504 e. The predicted octanol–water partition coefficient (Wildman–Crippen LogP) is 0.796. The first kappa shape index (κ1) is 11.5. The maximum atomic E-state index is 10.3. The van der Waals surface area contributed by atoms with Gasteiger partial charge in [0.25, 0.3) is 0 Å². The van der Waals surface area contributed by atoms with Crippen LogP contribution in [0.2, 0.25) is 0 Å². The van der Waals surface area contributed by atoms with Crippen molar-refractivity contribution in [1.29, 1.82) is 0 Å². The van der Waals surface area contributed by atoms with Crippen molar-refractivity contribution in [2.24, 2.45) is 0 Å². The summed E-state index contributed by atoms with van der Waals surface area (Å²) in [4.78, 5) is 10.3. The zero-order valence-corrected chi connectivity index (χ0v) is 9.69. The molecular weight excluding hydrogens is 287 g/mol. The molecule has 0 aliphatic carbocycles. The Balaban J connectivity index is 0.00000121. The van der Waals surface area contributed by atoms with Gasteiger partial charge in [-0.15, -0.1) is 0 Å². The van der Waals surface area contributed by atoms with E-state index in [1.165, 1.54) is 6.07 Å². The molecule has 5 heteroatoms. The Morgan fingerprint density at radius 3 is 2.17 bits per heavy atom. The van der Waals surface area contributed by atoms with Gasteiger partial charge >= 0.3 is 5.97 Å². The zero-order valence-electron chi connectivity index (χ0n) is 6.06. The first-order valence-electron chi connectivity index (χ1n) is 2.86. The Kier molecular flexibility index (Phi) is 4.30. The van der Waals surface area contributed by atoms with Crippen LogP contribution in [0.25, 0.3) is 0 Å². The molecule has 1 aromatic rings. The van der Waals surface area contributed by atoms with Gasteiger partial charge in [0.1, 0.15) is 0 Å². The van der Waals surface area contributed by atoms with Gasteiger partial charge in [0.05, 0.1) is 5.56 Å². The van der Waals surface area contributed by atoms with Crippen molar-refractivity contribution in [3.05, 3.63) is 23.8 Å². The topological polar surface area (TPSA) is 77.8 Å². The largest absolute Gasteiger partial charge is 0.504 e. The zero-order chi connectivity index (χ0) is 8.43. The second-order valence-electron chi connectivity index (χ2n) is 2.01. The van der Waals surface area contributed by atoms with Crippen LogP contribution in [-0.4, -0.2) is 21.3 Å². The summed E-state index contributed by atoms with van der Waals surface area (Å²) in [5.41, 5.74) is -0.0553. The van der Waals surface area contributed by atoms with Gasteiger partial charge in [-0.2, -0.15) is 0 Å². The summed E-state index contributed by atoms with van der Waals surface area (Å²) in [6.45, 7) is 0. The molecule has 0 amide bonds. The number of rotatable bonds is 1. The average molecular weight is 293 g/mol. The standard InChI is InChI=1S/C7H6O4.La/c8-5-2-1-4(7(10)11)3-6(5)9;/h1-3,8-9H,(H,10,11);. The van der Waals surface area contributed by atoms with Crippen molar-refractivity contribution in [1.82, 2.24) is 0 Å². The van der Waals surface area contributed by atoms with E-state index in [0.717, 1.165) is 12.1 Å². The van der Waals surface area contributed by atoms with E-state index >= 15 is 0 Å². The summed E-state index contributed by atoms with van der Waals surface area (Å²) in [5, 5.41) is 26.0. The van der Waals surface area contributed by atoms with Crippen molar-refractivity contribution in [3.63, 3.8) is 0 Å². The number of carboxylic acid groups (broad SMARTS) is 1. The van der Waals surface area contributed by atoms with Crippen LogP contribution in [-0.2, 0) is 0 Å². The summed E-state index contributed by atoms with van der Waals surface area (Å²) in [7, 11) is 0. The summed E-state index contributed by atoms with van der Waals surface area (Å²) in [6.07, 6.45) is 0. The van der Waals surface area contributed by atoms with Crippen molar-refractivity contribution in [2.75, 3.05) is 0 Å². The van der Waals surface area contributed by atoms with E-state index in [1.807, 2.05) is 0 Å². The minimum atomic E-state index is -1.14. The number of phenols is 2. The normalized spacial score (nSPS) is 8.67. The van der Waals surface area contributed by atoms with Gasteiger partial charge in [-0.05, 0) is 18.2 Å². The molecule has 0 bridgehead atoms. The van der Waals surface area contributed by atoms with Crippen molar-refractivity contribution in [3.8, 4) is 11.5 Å². The molecule has 0 aliphatic rings. The van der Waals surface area contributed by atoms with E-state index in [-0.39, 0.29) is 46.9 Å². The minimum absolute atomic E-state index is 0. The molecule has 1 rings (SSSR count). The van der Waals surface area contributed by atoms with Crippen LogP contribution in [0.1, 0.15) is 10.4 Å². The van der Waals surface area contributed by atoms with Crippen molar-refractivity contribution < 1.29 is 55.7 Å². The average Bonchev–Trinajstić information content (AvgIpc) is 1.94. The van der Waals surface area contributed by atoms with Crippen LogP contribution >= 0.6 is 0 Å². The summed E-state index contributed by atoms with van der Waals surface area (Å²) < 4.78 is 0. The SMILES string of the molecule is O=C(O)c1ccc(O)c(O)c1.[La]. The van der Waals surface area contributed by atoms with Gasteiger partial charge in [0.15, 0.2) is 11.5 Å². The van der Waals surface area contributed by atoms with Crippen LogP contribution in [0, 0.1) is 35.6 Å². The van der Waals surface area contributed by atoms with E-state index in [0.29, 0.717) is 0 Å². The molecule has 0 aliphatic heterocycles. The Hall–Kier alpha value is -0.515. The van der Waals surface area contributed by atoms with E-state index in [9.17, 15) is 4.79 Å². The molecule has 0 spiro atoms. The van der Waals surface area contributed by atoms with Crippen LogP contribution < -0.4 is 0 Å². The molecule has 61 valence electrons. The smallest absolute Gasteiger partial charge is 0.335 e. The maximum Gasteiger partial charge on any atom is 0.335 e. The first-order chi connectivity index (χ1) is 5.11. The number of aromatic carboxylic acids is 1. The molecular formula is C7H6LaO4. The molecule has 3 N–H and O–H groups in total. The Morgan fingerprint density at radius 2 is 1.75 bits per heavy atom. The maximum absolute atomic E-state index is 10.3. The molecule has 4 nitrogen and oxygen atoms in total. The molecule has 12 heavy (non-hydrogen) atoms. The van der Waals surface area contributed by atoms with E-state index < -0.39 is 11.7 Å². The van der Waals surface area contributed by atoms with Gasteiger partial charge in [0.2, 0.25) is 0 Å². The predicted molar refractivity (Wildman–Crippen MR) is 36.7 cm³/mol. The van der Waals surface area contributed by atoms with Crippen molar-refractivity contribution in [2.45, 2.75) is 0 Å². The summed E-state index contributed by atoms with van der Waals surface area (Å²) >= 11 is 0. The molecule has 0 aromatic heterocycles. The third-order valence-electron chi connectivity index (χ3n) is 1.22. The van der Waals surface area contributed by atoms with Gasteiger partial charge in [-0.3, -0.25) is 0 Å². The number of hydrogen-bond acceptors (Lipinski definition) is 3. The molecule has 1 aromatic carbocycles. The number of carbonyl (C=O) groups is 1. The number of aromatic hydroxyl groups is 2. The third kappa shape index (κ3) is 2.51. The van der Waals surface area contributed by atoms with E-state index in [2.05, 4.69) is 0 Å². The number of carboxylic acids is 1. The number of benzene rings is 1. The molecule has 0 saturated carbocycles. The summed E-state index contributed by atoms with van der Waals surface area (Å²) in [6, 6.07) is 3.31. The quantitative estimate of drug-likeness (QED) is 0.669.